The van der Waals surface area contributed by atoms with E-state index in [0.29, 0.717) is 25.4 Å². The van der Waals surface area contributed by atoms with Gasteiger partial charge in [0.15, 0.2) is 5.96 Å². The van der Waals surface area contributed by atoms with Crippen molar-refractivity contribution in [3.63, 3.8) is 0 Å². The molecule has 2 rings (SSSR count). The first kappa shape index (κ1) is 22.0. The van der Waals surface area contributed by atoms with Gasteiger partial charge in [-0.15, -0.1) is 24.0 Å². The zero-order chi connectivity index (χ0) is 16.9. The number of hydrogen-bond donors (Lipinski definition) is 1. The normalized spacial score (nSPS) is 24.4. The van der Waals surface area contributed by atoms with Crippen LogP contribution >= 0.6 is 24.0 Å². The van der Waals surface area contributed by atoms with E-state index in [1.807, 2.05) is 0 Å². The minimum atomic E-state index is -3.00. The second kappa shape index (κ2) is 10.2. The number of nitrogens with one attached hydrogen (secondary N) is 1. The minimum Gasteiger partial charge on any atom is -0.355 e. The van der Waals surface area contributed by atoms with Crippen molar-refractivity contribution >= 4 is 40.0 Å². The molecule has 24 heavy (non-hydrogen) atoms. The molecule has 2 saturated heterocycles. The van der Waals surface area contributed by atoms with Crippen LogP contribution in [-0.4, -0.2) is 69.1 Å². The molecule has 1 atom stereocenters. The predicted molar refractivity (Wildman–Crippen MR) is 111 cm³/mol. The highest BCUT2D eigenvalue weighted by atomic mass is 127. The largest absolute Gasteiger partial charge is 0.355 e. The second-order valence-corrected chi connectivity index (χ2v) is 8.70. The van der Waals surface area contributed by atoms with Crippen molar-refractivity contribution in [2.75, 3.05) is 45.5 Å². The lowest BCUT2D eigenvalue weighted by atomic mass is 9.87. The number of guanidine groups is 1. The van der Waals surface area contributed by atoms with E-state index >= 15 is 0 Å². The van der Waals surface area contributed by atoms with Crippen LogP contribution in [0.25, 0.3) is 0 Å². The van der Waals surface area contributed by atoms with E-state index in [1.165, 1.54) is 19.3 Å². The summed E-state index contributed by atoms with van der Waals surface area (Å²) in [5.74, 6) is 2.76. The Kier molecular flexibility index (Phi) is 9.29. The summed E-state index contributed by atoms with van der Waals surface area (Å²) in [6.07, 6.45) is 4.47. The maximum absolute atomic E-state index is 11.8. The molecule has 6 nitrogen and oxygen atoms in total. The van der Waals surface area contributed by atoms with E-state index in [9.17, 15) is 8.42 Å². The Morgan fingerprint density at radius 1 is 1.29 bits per heavy atom. The van der Waals surface area contributed by atoms with E-state index in [4.69, 9.17) is 0 Å². The van der Waals surface area contributed by atoms with Crippen LogP contribution in [0.4, 0.5) is 0 Å². The molecular formula is C16H33IN4O2S. The maximum atomic E-state index is 11.8. The lowest BCUT2D eigenvalue weighted by Gasteiger charge is -2.25. The van der Waals surface area contributed by atoms with Crippen LogP contribution in [0.5, 0.6) is 0 Å². The number of halogens is 1. The molecule has 1 N–H and O–H groups in total. The van der Waals surface area contributed by atoms with Gasteiger partial charge in [-0.2, -0.15) is 0 Å². The molecule has 1 unspecified atom stereocenters. The molecule has 0 aromatic rings. The number of nitrogens with zero attached hydrogens (tertiary/aromatic N) is 3. The van der Waals surface area contributed by atoms with Crippen LogP contribution < -0.4 is 5.32 Å². The zero-order valence-electron chi connectivity index (χ0n) is 15.2. The standard InChI is InChI=1S/C16H32N4O2S.HI/c1-4-14(5-2)15-7-10-19(13-15)16(17-3)18-8-11-20-9-6-12-23(20,21)22;/h14-15H,4-13H2,1-3H3,(H,17,18);1H. The van der Waals surface area contributed by atoms with E-state index < -0.39 is 10.0 Å². The number of rotatable bonds is 6. The molecule has 142 valence electrons. The summed E-state index contributed by atoms with van der Waals surface area (Å²) in [6.45, 7) is 8.48. The fraction of sp³-hybridized carbons (Fsp3) is 0.938. The van der Waals surface area contributed by atoms with Gasteiger partial charge in [-0.1, -0.05) is 26.7 Å². The van der Waals surface area contributed by atoms with Crippen LogP contribution in [0.3, 0.4) is 0 Å². The molecule has 0 amide bonds. The fourth-order valence-corrected chi connectivity index (χ4v) is 5.42. The third-order valence-corrected chi connectivity index (χ3v) is 7.26. The summed E-state index contributed by atoms with van der Waals surface area (Å²) < 4.78 is 25.2. The Hall–Kier alpha value is -0.0900. The maximum Gasteiger partial charge on any atom is 0.214 e. The van der Waals surface area contributed by atoms with Crippen molar-refractivity contribution in [1.82, 2.24) is 14.5 Å². The Labute approximate surface area is 164 Å². The first-order valence-corrected chi connectivity index (χ1v) is 10.6. The lowest BCUT2D eigenvalue weighted by molar-refractivity contribution is 0.318. The smallest absolute Gasteiger partial charge is 0.214 e. The molecule has 0 aliphatic carbocycles. The van der Waals surface area contributed by atoms with Crippen LogP contribution in [0.2, 0.25) is 0 Å². The van der Waals surface area contributed by atoms with Crippen molar-refractivity contribution in [1.29, 1.82) is 0 Å². The van der Waals surface area contributed by atoms with Crippen LogP contribution in [0.15, 0.2) is 4.99 Å². The van der Waals surface area contributed by atoms with Gasteiger partial charge in [0.2, 0.25) is 10.0 Å². The first-order valence-electron chi connectivity index (χ1n) is 8.95. The molecule has 0 aromatic carbocycles. The fourth-order valence-electron chi connectivity index (χ4n) is 3.89. The average molecular weight is 472 g/mol. The average Bonchev–Trinajstić information content (AvgIpc) is 3.12. The summed E-state index contributed by atoms with van der Waals surface area (Å²) in [7, 11) is -1.19. The van der Waals surface area contributed by atoms with Gasteiger partial charge >= 0.3 is 0 Å². The first-order chi connectivity index (χ1) is 11.0. The zero-order valence-corrected chi connectivity index (χ0v) is 18.3. The monoisotopic (exact) mass is 472 g/mol. The third-order valence-electron chi connectivity index (χ3n) is 5.30. The topological polar surface area (TPSA) is 65.0 Å². The molecule has 0 bridgehead atoms. The molecule has 2 aliphatic rings. The molecule has 2 aliphatic heterocycles. The summed E-state index contributed by atoms with van der Waals surface area (Å²) >= 11 is 0. The van der Waals surface area contributed by atoms with Gasteiger partial charge in [-0.05, 0) is 24.7 Å². The Morgan fingerprint density at radius 3 is 2.54 bits per heavy atom. The van der Waals surface area contributed by atoms with Gasteiger partial charge in [0.25, 0.3) is 0 Å². The Balaban J connectivity index is 0.00000288. The van der Waals surface area contributed by atoms with Gasteiger partial charge in [-0.3, -0.25) is 4.99 Å². The van der Waals surface area contributed by atoms with Crippen LogP contribution in [0.1, 0.15) is 39.5 Å². The quantitative estimate of drug-likeness (QED) is 0.365. The number of likely N-dealkylation sites (tertiary alicyclic amines) is 1. The minimum absolute atomic E-state index is 0. The summed E-state index contributed by atoms with van der Waals surface area (Å²) in [5, 5.41) is 3.34. The van der Waals surface area contributed by atoms with Crippen LogP contribution in [-0.2, 0) is 10.0 Å². The van der Waals surface area contributed by atoms with E-state index in [2.05, 4.69) is 29.1 Å². The van der Waals surface area contributed by atoms with Crippen LogP contribution in [0, 0.1) is 11.8 Å². The van der Waals surface area contributed by atoms with Gasteiger partial charge in [-0.25, -0.2) is 12.7 Å². The highest BCUT2D eigenvalue weighted by Crippen LogP contribution is 2.28. The van der Waals surface area contributed by atoms with Gasteiger partial charge in [0, 0.05) is 39.8 Å². The molecule has 2 fully saturated rings. The van der Waals surface area contributed by atoms with E-state index in [0.717, 1.165) is 37.3 Å². The second-order valence-electron chi connectivity index (χ2n) is 6.61. The summed E-state index contributed by atoms with van der Waals surface area (Å²) in [4.78, 5) is 6.70. The van der Waals surface area contributed by atoms with E-state index in [1.54, 1.807) is 11.4 Å². The highest BCUT2D eigenvalue weighted by Gasteiger charge is 2.30. The summed E-state index contributed by atoms with van der Waals surface area (Å²) in [5.41, 5.74) is 0. The van der Waals surface area contributed by atoms with Crippen molar-refractivity contribution < 1.29 is 8.42 Å². The van der Waals surface area contributed by atoms with Crippen molar-refractivity contribution in [2.24, 2.45) is 16.8 Å². The molecule has 8 heteroatoms. The molecule has 0 spiro atoms. The lowest BCUT2D eigenvalue weighted by Crippen LogP contribution is -2.43. The molecule has 2 heterocycles. The number of aliphatic imine (C=N–C) groups is 1. The Bertz CT molecular complexity index is 508. The Morgan fingerprint density at radius 2 is 2.00 bits per heavy atom. The van der Waals surface area contributed by atoms with Gasteiger partial charge < -0.3 is 10.2 Å². The summed E-state index contributed by atoms with van der Waals surface area (Å²) in [6, 6.07) is 0. The molecule has 0 radical (unpaired) electrons. The SMILES string of the molecule is CCC(CC)C1CCN(C(=NC)NCCN2CCCS2(=O)=O)C1.I. The highest BCUT2D eigenvalue weighted by molar-refractivity contribution is 14.0. The van der Waals surface area contributed by atoms with Gasteiger partial charge in [0.1, 0.15) is 0 Å². The van der Waals surface area contributed by atoms with Crippen molar-refractivity contribution in [3.8, 4) is 0 Å². The number of hydrogen-bond acceptors (Lipinski definition) is 3. The van der Waals surface area contributed by atoms with Gasteiger partial charge in [0.05, 0.1) is 5.75 Å². The third kappa shape index (κ3) is 5.45. The van der Waals surface area contributed by atoms with Crippen molar-refractivity contribution in [3.05, 3.63) is 0 Å². The molecular weight excluding hydrogens is 439 g/mol. The molecule has 0 aromatic heterocycles. The predicted octanol–water partition coefficient (Wildman–Crippen LogP) is 1.97. The number of sulfonamides is 1. The molecule has 0 saturated carbocycles. The van der Waals surface area contributed by atoms with Crippen molar-refractivity contribution in [2.45, 2.75) is 39.5 Å². The van der Waals surface area contributed by atoms with E-state index in [-0.39, 0.29) is 24.0 Å².